The minimum absolute atomic E-state index is 0.0486. The number of rotatable bonds is 9. The standard InChI is InChI=1S/C23H24FN5O3S/c1-15(2)32-12-6-11-28-21(31)18-9-3-4-10-19(18)29-22(28)26-27-23(29)33-14-20(30)25-17-8-5-7-16(24)13-17/h3-5,7-10,13,15H,6,11-12,14H2,1-2H3,(H,25,30). The molecule has 8 nitrogen and oxygen atoms in total. The van der Waals surface area contributed by atoms with Gasteiger partial charge in [-0.05, 0) is 50.6 Å². The molecule has 1 amide bonds. The summed E-state index contributed by atoms with van der Waals surface area (Å²) in [4.78, 5) is 25.5. The molecule has 2 aromatic carbocycles. The molecule has 0 aliphatic rings. The Kier molecular flexibility index (Phi) is 7.05. The maximum absolute atomic E-state index is 13.4. The van der Waals surface area contributed by atoms with Gasteiger partial charge in [0.15, 0.2) is 5.16 Å². The van der Waals surface area contributed by atoms with E-state index in [0.29, 0.717) is 47.1 Å². The van der Waals surface area contributed by atoms with E-state index in [1.54, 1.807) is 21.1 Å². The van der Waals surface area contributed by atoms with Gasteiger partial charge in [-0.3, -0.25) is 18.6 Å². The summed E-state index contributed by atoms with van der Waals surface area (Å²) in [6, 6.07) is 13.0. The number of ether oxygens (including phenoxy) is 1. The van der Waals surface area contributed by atoms with Crippen LogP contribution in [-0.4, -0.2) is 43.5 Å². The van der Waals surface area contributed by atoms with Gasteiger partial charge in [0.05, 0.1) is 22.8 Å². The number of nitrogens with one attached hydrogen (secondary N) is 1. The van der Waals surface area contributed by atoms with E-state index in [0.717, 1.165) is 0 Å². The maximum Gasteiger partial charge on any atom is 0.262 e. The first-order valence-corrected chi connectivity index (χ1v) is 11.6. The molecule has 0 saturated heterocycles. The third kappa shape index (κ3) is 5.23. The van der Waals surface area contributed by atoms with Crippen molar-refractivity contribution >= 4 is 40.0 Å². The van der Waals surface area contributed by atoms with Crippen LogP contribution in [0.4, 0.5) is 10.1 Å². The molecule has 33 heavy (non-hydrogen) atoms. The molecule has 0 aliphatic heterocycles. The van der Waals surface area contributed by atoms with Gasteiger partial charge in [0.25, 0.3) is 5.56 Å². The fraction of sp³-hybridized carbons (Fsp3) is 0.304. The summed E-state index contributed by atoms with van der Waals surface area (Å²) in [7, 11) is 0. The largest absolute Gasteiger partial charge is 0.379 e. The number of para-hydroxylation sites is 1. The van der Waals surface area contributed by atoms with Crippen LogP contribution in [0.5, 0.6) is 0 Å². The van der Waals surface area contributed by atoms with Gasteiger partial charge < -0.3 is 10.1 Å². The van der Waals surface area contributed by atoms with Gasteiger partial charge in [0.2, 0.25) is 11.7 Å². The lowest BCUT2D eigenvalue weighted by Crippen LogP contribution is -2.24. The highest BCUT2D eigenvalue weighted by Crippen LogP contribution is 2.22. The Morgan fingerprint density at radius 3 is 2.79 bits per heavy atom. The second-order valence-electron chi connectivity index (χ2n) is 7.71. The summed E-state index contributed by atoms with van der Waals surface area (Å²) in [6.07, 6.45) is 0.769. The van der Waals surface area contributed by atoms with Crippen LogP contribution >= 0.6 is 11.8 Å². The number of fused-ring (bicyclic) bond motifs is 3. The number of carbonyl (C=O) groups excluding carboxylic acids is 1. The number of hydrogen-bond donors (Lipinski definition) is 1. The molecule has 2 heterocycles. The average molecular weight is 470 g/mol. The molecular formula is C23H24FN5O3S. The van der Waals surface area contributed by atoms with Crippen molar-refractivity contribution in [2.75, 3.05) is 17.7 Å². The van der Waals surface area contributed by atoms with Crippen LogP contribution in [0.2, 0.25) is 0 Å². The Hall–Kier alpha value is -3.24. The number of carbonyl (C=O) groups is 1. The molecule has 0 atom stereocenters. The zero-order valence-electron chi connectivity index (χ0n) is 18.3. The summed E-state index contributed by atoms with van der Waals surface area (Å²) in [5, 5.41) is 12.2. The molecule has 0 fully saturated rings. The van der Waals surface area contributed by atoms with Crippen molar-refractivity contribution in [3.05, 3.63) is 64.7 Å². The first-order chi connectivity index (χ1) is 15.9. The minimum atomic E-state index is -0.424. The van der Waals surface area contributed by atoms with Crippen molar-refractivity contribution in [1.29, 1.82) is 0 Å². The molecule has 0 unspecified atom stereocenters. The number of aryl methyl sites for hydroxylation is 1. The smallest absolute Gasteiger partial charge is 0.262 e. The van der Waals surface area contributed by atoms with Crippen molar-refractivity contribution in [3.8, 4) is 0 Å². The fourth-order valence-corrected chi connectivity index (χ4v) is 4.20. The second-order valence-corrected chi connectivity index (χ2v) is 8.65. The third-order valence-electron chi connectivity index (χ3n) is 4.90. The normalized spacial score (nSPS) is 11.5. The number of aromatic nitrogens is 4. The Bertz CT molecular complexity index is 1350. The van der Waals surface area contributed by atoms with Gasteiger partial charge in [-0.15, -0.1) is 10.2 Å². The molecule has 0 bridgehead atoms. The predicted molar refractivity (Wildman–Crippen MR) is 126 cm³/mol. The Labute approximate surface area is 193 Å². The molecule has 0 spiro atoms. The first kappa shape index (κ1) is 22.9. The number of thioether (sulfide) groups is 1. The number of hydrogen-bond acceptors (Lipinski definition) is 6. The van der Waals surface area contributed by atoms with Crippen molar-refractivity contribution in [3.63, 3.8) is 0 Å². The Morgan fingerprint density at radius 1 is 1.18 bits per heavy atom. The molecule has 172 valence electrons. The van der Waals surface area contributed by atoms with Gasteiger partial charge in [0, 0.05) is 18.8 Å². The molecule has 0 radical (unpaired) electrons. The lowest BCUT2D eigenvalue weighted by Gasteiger charge is -2.12. The number of nitrogens with zero attached hydrogens (tertiary/aromatic N) is 4. The Balaban J connectivity index is 1.60. The topological polar surface area (TPSA) is 90.5 Å². The highest BCUT2D eigenvalue weighted by atomic mass is 32.2. The molecule has 4 rings (SSSR count). The molecule has 4 aromatic rings. The summed E-state index contributed by atoms with van der Waals surface area (Å²) in [6.45, 7) is 4.89. The molecule has 0 saturated carbocycles. The average Bonchev–Trinajstić information content (AvgIpc) is 3.21. The Morgan fingerprint density at radius 2 is 2.00 bits per heavy atom. The zero-order valence-corrected chi connectivity index (χ0v) is 19.1. The van der Waals surface area contributed by atoms with Gasteiger partial charge >= 0.3 is 0 Å². The summed E-state index contributed by atoms with van der Waals surface area (Å²) in [5.74, 6) is -0.262. The summed E-state index contributed by atoms with van der Waals surface area (Å²) in [5.41, 5.74) is 0.912. The highest BCUT2D eigenvalue weighted by molar-refractivity contribution is 7.99. The van der Waals surface area contributed by atoms with Crippen LogP contribution in [0, 0.1) is 5.82 Å². The van der Waals surface area contributed by atoms with Crippen molar-refractivity contribution in [2.45, 2.75) is 38.1 Å². The van der Waals surface area contributed by atoms with Crippen molar-refractivity contribution in [2.24, 2.45) is 0 Å². The van der Waals surface area contributed by atoms with Crippen LogP contribution in [0.15, 0.2) is 58.5 Å². The van der Waals surface area contributed by atoms with Crippen molar-refractivity contribution in [1.82, 2.24) is 19.2 Å². The zero-order chi connectivity index (χ0) is 23.4. The molecular weight excluding hydrogens is 445 g/mol. The van der Waals surface area contributed by atoms with E-state index in [4.69, 9.17) is 4.74 Å². The SMILES string of the molecule is CC(C)OCCCn1c(=O)c2ccccc2n2c(SCC(=O)Nc3cccc(F)c3)nnc12. The molecule has 1 N–H and O–H groups in total. The van der Waals surface area contributed by atoms with Crippen LogP contribution in [0.1, 0.15) is 20.3 Å². The number of benzene rings is 2. The number of amides is 1. The van der Waals surface area contributed by atoms with Crippen LogP contribution in [-0.2, 0) is 16.1 Å². The number of anilines is 1. The van der Waals surface area contributed by atoms with Crippen LogP contribution in [0.25, 0.3) is 16.7 Å². The van der Waals surface area contributed by atoms with Gasteiger partial charge in [-0.1, -0.05) is 30.0 Å². The summed E-state index contributed by atoms with van der Waals surface area (Å²) < 4.78 is 22.3. The summed E-state index contributed by atoms with van der Waals surface area (Å²) >= 11 is 1.19. The van der Waals surface area contributed by atoms with Gasteiger partial charge in [0.1, 0.15) is 5.82 Å². The fourth-order valence-electron chi connectivity index (χ4n) is 3.46. The van der Waals surface area contributed by atoms with E-state index in [1.165, 1.54) is 30.0 Å². The van der Waals surface area contributed by atoms with E-state index in [2.05, 4.69) is 15.5 Å². The predicted octanol–water partition coefficient (Wildman–Crippen LogP) is 3.73. The molecule has 2 aromatic heterocycles. The lowest BCUT2D eigenvalue weighted by atomic mass is 10.2. The second kappa shape index (κ2) is 10.1. The van der Waals surface area contributed by atoms with E-state index in [-0.39, 0.29) is 23.3 Å². The van der Waals surface area contributed by atoms with Crippen molar-refractivity contribution < 1.29 is 13.9 Å². The van der Waals surface area contributed by atoms with Crippen LogP contribution < -0.4 is 10.9 Å². The van der Waals surface area contributed by atoms with E-state index < -0.39 is 5.82 Å². The highest BCUT2D eigenvalue weighted by Gasteiger charge is 2.17. The monoisotopic (exact) mass is 469 g/mol. The minimum Gasteiger partial charge on any atom is -0.379 e. The number of halogens is 1. The lowest BCUT2D eigenvalue weighted by molar-refractivity contribution is -0.113. The molecule has 0 aliphatic carbocycles. The third-order valence-corrected chi connectivity index (χ3v) is 5.83. The van der Waals surface area contributed by atoms with E-state index in [1.807, 2.05) is 32.0 Å². The quantitative estimate of drug-likeness (QED) is 0.297. The van der Waals surface area contributed by atoms with E-state index >= 15 is 0 Å². The first-order valence-electron chi connectivity index (χ1n) is 10.6. The van der Waals surface area contributed by atoms with Crippen LogP contribution in [0.3, 0.4) is 0 Å². The maximum atomic E-state index is 13.4. The van der Waals surface area contributed by atoms with E-state index in [9.17, 15) is 14.0 Å². The van der Waals surface area contributed by atoms with Gasteiger partial charge in [-0.25, -0.2) is 4.39 Å². The van der Waals surface area contributed by atoms with Gasteiger partial charge in [-0.2, -0.15) is 0 Å². The molecule has 10 heteroatoms.